The minimum Gasteiger partial charge on any atom is -0.458 e. The molecule has 294 valence electrons. The normalized spacial score (nSPS) is 31.2. The molecule has 1 saturated carbocycles. The highest BCUT2D eigenvalue weighted by Crippen LogP contribution is 2.54. The number of carbonyl (C=O) groups is 8. The number of hydrogen-bond acceptors (Lipinski definition) is 15. The van der Waals surface area contributed by atoms with E-state index >= 15 is 4.79 Å². The molecule has 15 heteroatoms. The molecule has 1 aromatic rings. The van der Waals surface area contributed by atoms with Gasteiger partial charge in [-0.3, -0.25) is 33.6 Å². The molecule has 15 nitrogen and oxygen atoms in total. The van der Waals surface area contributed by atoms with Crippen molar-refractivity contribution in [1.82, 2.24) is 0 Å². The van der Waals surface area contributed by atoms with Gasteiger partial charge in [-0.05, 0) is 19.1 Å². The van der Waals surface area contributed by atoms with Crippen LogP contribution in [0.5, 0.6) is 0 Å². The van der Waals surface area contributed by atoms with Gasteiger partial charge in [0, 0.05) is 64.9 Å². The van der Waals surface area contributed by atoms with Gasteiger partial charge in [0.2, 0.25) is 0 Å². The highest BCUT2D eigenvalue weighted by atomic mass is 16.6. The lowest BCUT2D eigenvalue weighted by molar-refractivity contribution is -0.193. The molecular weight excluding hydrogens is 708 g/mol. The fourth-order valence-corrected chi connectivity index (χ4v) is 7.32. The Bertz CT molecular complexity index is 1710. The van der Waals surface area contributed by atoms with E-state index in [9.17, 15) is 33.6 Å². The van der Waals surface area contributed by atoms with Crippen molar-refractivity contribution >= 4 is 47.6 Å². The molecule has 54 heavy (non-hydrogen) atoms. The highest BCUT2D eigenvalue weighted by Gasteiger charge is 2.72. The van der Waals surface area contributed by atoms with Crippen LogP contribution >= 0.6 is 0 Å². The third kappa shape index (κ3) is 9.60. The van der Waals surface area contributed by atoms with Gasteiger partial charge in [0.05, 0.1) is 11.5 Å². The molecule has 0 bridgehead atoms. The second-order valence-corrected chi connectivity index (χ2v) is 14.4. The van der Waals surface area contributed by atoms with E-state index in [-0.39, 0.29) is 11.1 Å². The molecule has 2 aliphatic carbocycles. The van der Waals surface area contributed by atoms with Crippen LogP contribution in [0.15, 0.2) is 54.6 Å². The van der Waals surface area contributed by atoms with E-state index < -0.39 is 113 Å². The third-order valence-electron chi connectivity index (χ3n) is 9.24. The summed E-state index contributed by atoms with van der Waals surface area (Å²) in [6.07, 6.45) is -6.21. The van der Waals surface area contributed by atoms with Gasteiger partial charge in [0.25, 0.3) is 0 Å². The number of Topliss-reactive ketones (excluding diaryl/α,β-unsaturated/α-hetero) is 1. The number of benzene rings is 1. The minimum absolute atomic E-state index is 0.0467. The summed E-state index contributed by atoms with van der Waals surface area (Å²) in [5, 5.41) is 0. The number of fused-ring (bicyclic) bond motifs is 1. The first-order chi connectivity index (χ1) is 25.0. The standard InChI is InChI=1S/C39H48O15/c1-20-17-18-37(9,10)35(51-25(6)43)32(50-24(5)42)31(49-23(4)41)21(2)30(48-22(3)40)29-34(52-36(47)28-15-13-12-14-16-28)38(11,53-26(7)44)19-39(29,33(20)46)54-27(8)45/h12-18,20,29-32,34-35H,2,19H2,1,3-11H3/b18-17+/t20-,29-,30-,31-,32+,34+,35+,38+,39+/m0/s1. The van der Waals surface area contributed by atoms with E-state index in [1.165, 1.54) is 38.1 Å². The molecule has 1 fully saturated rings. The lowest BCUT2D eigenvalue weighted by atomic mass is 9.72. The number of esters is 7. The Morgan fingerprint density at radius 2 is 1.19 bits per heavy atom. The smallest absolute Gasteiger partial charge is 0.338 e. The summed E-state index contributed by atoms with van der Waals surface area (Å²) in [5.41, 5.74) is -5.97. The van der Waals surface area contributed by atoms with Crippen LogP contribution in [0.2, 0.25) is 0 Å². The Balaban J connectivity index is 2.58. The Morgan fingerprint density at radius 1 is 0.667 bits per heavy atom. The fourth-order valence-electron chi connectivity index (χ4n) is 7.32. The van der Waals surface area contributed by atoms with Gasteiger partial charge in [-0.15, -0.1) is 0 Å². The molecule has 2 aliphatic rings. The molecule has 9 atom stereocenters. The van der Waals surface area contributed by atoms with Crippen LogP contribution in [0, 0.1) is 17.3 Å². The van der Waals surface area contributed by atoms with Gasteiger partial charge in [0.1, 0.15) is 6.10 Å². The van der Waals surface area contributed by atoms with Gasteiger partial charge in [-0.1, -0.05) is 57.7 Å². The zero-order valence-electron chi connectivity index (χ0n) is 32.1. The molecule has 0 spiro atoms. The minimum atomic E-state index is -2.40. The number of hydrogen-bond donors (Lipinski definition) is 0. The molecule has 1 aromatic carbocycles. The van der Waals surface area contributed by atoms with E-state index in [4.69, 9.17) is 33.2 Å². The Kier molecular flexibility index (Phi) is 13.4. The average molecular weight is 757 g/mol. The van der Waals surface area contributed by atoms with Gasteiger partial charge in [-0.25, -0.2) is 4.79 Å². The Hall–Kier alpha value is -5.34. The van der Waals surface area contributed by atoms with E-state index in [0.29, 0.717) is 0 Å². The second-order valence-electron chi connectivity index (χ2n) is 14.4. The molecule has 0 heterocycles. The maximum absolute atomic E-state index is 15.0. The van der Waals surface area contributed by atoms with Gasteiger partial charge in [-0.2, -0.15) is 0 Å². The predicted molar refractivity (Wildman–Crippen MR) is 187 cm³/mol. The third-order valence-corrected chi connectivity index (χ3v) is 9.24. The van der Waals surface area contributed by atoms with Crippen LogP contribution in [0.3, 0.4) is 0 Å². The van der Waals surface area contributed by atoms with Gasteiger partial charge in [0.15, 0.2) is 41.4 Å². The lowest BCUT2D eigenvalue weighted by Crippen LogP contribution is -2.59. The first kappa shape index (κ1) is 43.1. The molecule has 0 aromatic heterocycles. The number of ether oxygens (including phenoxy) is 7. The SMILES string of the molecule is C=C1[C@H](OC(C)=O)[C@@H](OC(C)=O)[C@@H](OC(C)=O)C(C)(C)/C=C/[C@H](C)C(=O)[C@@]2(OC(C)=O)C[C@@](C)(OC(C)=O)[C@H](OC(=O)c3ccccc3)[C@@H]2[C@H]1OC(C)=O. The van der Waals surface area contributed by atoms with Gasteiger partial charge >= 0.3 is 41.8 Å². The van der Waals surface area contributed by atoms with Crippen LogP contribution in [0.25, 0.3) is 0 Å². The van der Waals surface area contributed by atoms with Gasteiger partial charge < -0.3 is 33.2 Å². The quantitative estimate of drug-likeness (QED) is 0.210. The van der Waals surface area contributed by atoms with E-state index in [1.54, 1.807) is 32.0 Å². The summed E-state index contributed by atoms with van der Waals surface area (Å²) < 4.78 is 41.0. The van der Waals surface area contributed by atoms with Crippen LogP contribution in [0.4, 0.5) is 0 Å². The summed E-state index contributed by atoms with van der Waals surface area (Å²) >= 11 is 0. The molecule has 0 unspecified atom stereocenters. The van der Waals surface area contributed by atoms with Crippen molar-refractivity contribution in [2.75, 3.05) is 0 Å². The summed E-state index contributed by atoms with van der Waals surface area (Å²) in [5.74, 6) is -10.1. The zero-order chi connectivity index (χ0) is 40.9. The number of ketones is 1. The van der Waals surface area contributed by atoms with Crippen molar-refractivity contribution in [3.05, 3.63) is 60.2 Å². The van der Waals surface area contributed by atoms with Crippen LogP contribution < -0.4 is 0 Å². The zero-order valence-corrected chi connectivity index (χ0v) is 32.1. The Morgan fingerprint density at radius 3 is 1.69 bits per heavy atom. The van der Waals surface area contributed by atoms with Crippen molar-refractivity contribution in [2.24, 2.45) is 17.3 Å². The van der Waals surface area contributed by atoms with Crippen molar-refractivity contribution in [3.8, 4) is 0 Å². The molecule has 0 radical (unpaired) electrons. The maximum Gasteiger partial charge on any atom is 0.338 e. The van der Waals surface area contributed by atoms with Crippen molar-refractivity contribution in [3.63, 3.8) is 0 Å². The molecule has 3 rings (SSSR count). The number of carbonyl (C=O) groups excluding carboxylic acids is 8. The molecule has 0 saturated heterocycles. The van der Waals surface area contributed by atoms with Crippen molar-refractivity contribution < 1.29 is 71.5 Å². The number of rotatable bonds is 8. The maximum atomic E-state index is 15.0. The van der Waals surface area contributed by atoms with Crippen molar-refractivity contribution in [1.29, 1.82) is 0 Å². The summed E-state index contributed by atoms with van der Waals surface area (Å²) in [7, 11) is 0. The largest absolute Gasteiger partial charge is 0.458 e. The summed E-state index contributed by atoms with van der Waals surface area (Å²) in [6, 6.07) is 7.67. The molecule has 0 amide bonds. The Labute approximate surface area is 313 Å². The predicted octanol–water partition coefficient (Wildman–Crippen LogP) is 3.94. The van der Waals surface area contributed by atoms with E-state index in [0.717, 1.165) is 41.5 Å². The van der Waals surface area contributed by atoms with E-state index in [1.807, 2.05) is 0 Å². The van der Waals surface area contributed by atoms with Crippen molar-refractivity contribution in [2.45, 2.75) is 117 Å². The van der Waals surface area contributed by atoms with Crippen LogP contribution in [-0.4, -0.2) is 89.3 Å². The summed E-state index contributed by atoms with van der Waals surface area (Å²) in [4.78, 5) is 106. The highest BCUT2D eigenvalue weighted by molar-refractivity contribution is 5.94. The first-order valence-electron chi connectivity index (χ1n) is 17.2. The van der Waals surface area contributed by atoms with Crippen LogP contribution in [0.1, 0.15) is 86.0 Å². The average Bonchev–Trinajstić information content (AvgIpc) is 3.27. The summed E-state index contributed by atoms with van der Waals surface area (Å²) in [6.45, 7) is 16.5. The fraction of sp³-hybridized carbons (Fsp3) is 0.538. The van der Waals surface area contributed by atoms with Crippen LogP contribution in [-0.2, 0) is 66.7 Å². The lowest BCUT2D eigenvalue weighted by Gasteiger charge is -2.44. The first-order valence-corrected chi connectivity index (χ1v) is 17.2. The second kappa shape index (κ2) is 16.8. The van der Waals surface area contributed by atoms with E-state index in [2.05, 4.69) is 6.58 Å². The number of allylic oxidation sites excluding steroid dienone is 1. The molecule has 0 aliphatic heterocycles. The monoisotopic (exact) mass is 756 g/mol. The molecular formula is C39H48O15. The topological polar surface area (TPSA) is 201 Å². The molecule has 0 N–H and O–H groups in total.